The summed E-state index contributed by atoms with van der Waals surface area (Å²) in [5.74, 6) is 1.87. The van der Waals surface area contributed by atoms with Crippen molar-refractivity contribution in [2.24, 2.45) is 0 Å². The first-order valence-corrected chi connectivity index (χ1v) is 9.40. The van der Waals surface area contributed by atoms with Gasteiger partial charge in [0.15, 0.2) is 0 Å². The van der Waals surface area contributed by atoms with E-state index in [1.54, 1.807) is 66.7 Å². The van der Waals surface area contributed by atoms with E-state index >= 15 is 0 Å². The molecule has 0 aromatic heterocycles. The Kier molecular flexibility index (Phi) is 7.18. The van der Waals surface area contributed by atoms with Gasteiger partial charge in [0, 0.05) is 0 Å². The number of anilines is 2. The topological polar surface area (TPSA) is 95.1 Å². The maximum atomic E-state index is 12.3. The molecule has 0 saturated carbocycles. The Bertz CT molecular complexity index is 1050. The summed E-state index contributed by atoms with van der Waals surface area (Å²) in [5, 5.41) is 5.28. The molecule has 3 aromatic carbocycles. The maximum Gasteiger partial charge on any atom is 0.417 e. The lowest BCUT2D eigenvalue weighted by molar-refractivity contribution is 0.213. The van der Waals surface area contributed by atoms with Gasteiger partial charge in [-0.3, -0.25) is 10.6 Å². The minimum Gasteiger partial charge on any atom is -0.497 e. The minimum absolute atomic E-state index is 0.161. The number of methoxy groups -OCH3 is 2. The first-order valence-electron chi connectivity index (χ1n) is 9.03. The molecule has 160 valence electrons. The minimum atomic E-state index is -0.787. The number of hydrogen-bond acceptors (Lipinski definition) is 6. The zero-order valence-corrected chi connectivity index (χ0v) is 17.4. The van der Waals surface area contributed by atoms with E-state index in [1.807, 2.05) is 0 Å². The zero-order chi connectivity index (χ0) is 22.2. The normalized spacial score (nSPS) is 10.0. The number of carbonyl (C=O) groups excluding carboxylic acids is 2. The van der Waals surface area contributed by atoms with E-state index in [0.717, 1.165) is 0 Å². The highest BCUT2D eigenvalue weighted by Gasteiger charge is 2.15. The fourth-order valence-electron chi connectivity index (χ4n) is 2.52. The molecule has 9 heteroatoms. The molecule has 0 fully saturated rings. The fourth-order valence-corrected chi connectivity index (χ4v) is 2.74. The highest BCUT2D eigenvalue weighted by Crippen LogP contribution is 2.31. The van der Waals surface area contributed by atoms with Crippen LogP contribution >= 0.6 is 11.6 Å². The monoisotopic (exact) mass is 442 g/mol. The van der Waals surface area contributed by atoms with Crippen molar-refractivity contribution in [3.8, 4) is 23.0 Å². The highest BCUT2D eigenvalue weighted by atomic mass is 35.5. The van der Waals surface area contributed by atoms with Crippen LogP contribution in [0.4, 0.5) is 21.0 Å². The molecule has 0 radical (unpaired) electrons. The number of hydrogen-bond donors (Lipinski definition) is 2. The van der Waals surface area contributed by atoms with Crippen LogP contribution in [-0.2, 0) is 0 Å². The summed E-state index contributed by atoms with van der Waals surface area (Å²) < 4.78 is 20.6. The van der Waals surface area contributed by atoms with Crippen molar-refractivity contribution in [2.75, 3.05) is 24.9 Å². The van der Waals surface area contributed by atoms with Crippen LogP contribution in [0.3, 0.4) is 0 Å². The number of nitrogens with one attached hydrogen (secondary N) is 2. The highest BCUT2D eigenvalue weighted by molar-refractivity contribution is 6.34. The number of carbonyl (C=O) groups is 2. The van der Waals surface area contributed by atoms with Gasteiger partial charge in [0.1, 0.15) is 23.0 Å². The van der Waals surface area contributed by atoms with Crippen molar-refractivity contribution in [3.05, 3.63) is 71.8 Å². The Morgan fingerprint density at radius 2 is 1.13 bits per heavy atom. The second-order valence-corrected chi connectivity index (χ2v) is 6.45. The molecule has 2 N–H and O–H groups in total. The molecule has 8 nitrogen and oxygen atoms in total. The van der Waals surface area contributed by atoms with Crippen LogP contribution in [0.2, 0.25) is 5.02 Å². The van der Waals surface area contributed by atoms with Crippen molar-refractivity contribution in [3.63, 3.8) is 0 Å². The lowest BCUT2D eigenvalue weighted by Crippen LogP contribution is -2.21. The van der Waals surface area contributed by atoms with Gasteiger partial charge in [-0.1, -0.05) is 17.7 Å². The summed E-state index contributed by atoms with van der Waals surface area (Å²) in [6.45, 7) is 0. The Labute approximate surface area is 183 Å². The summed E-state index contributed by atoms with van der Waals surface area (Å²) in [5.41, 5.74) is 0.395. The summed E-state index contributed by atoms with van der Waals surface area (Å²) in [6, 6.07) is 17.7. The summed E-state index contributed by atoms with van der Waals surface area (Å²) in [4.78, 5) is 24.6. The van der Waals surface area contributed by atoms with Crippen molar-refractivity contribution in [1.82, 2.24) is 0 Å². The molecule has 0 aliphatic carbocycles. The average Bonchev–Trinajstić information content (AvgIpc) is 2.77. The van der Waals surface area contributed by atoms with Gasteiger partial charge in [0.2, 0.25) is 0 Å². The van der Waals surface area contributed by atoms with Crippen molar-refractivity contribution in [2.45, 2.75) is 0 Å². The van der Waals surface area contributed by atoms with Gasteiger partial charge in [-0.05, 0) is 60.7 Å². The summed E-state index contributed by atoms with van der Waals surface area (Å²) in [7, 11) is 3.07. The molecular formula is C22H19ClN2O6. The predicted octanol–water partition coefficient (Wildman–Crippen LogP) is 5.58. The van der Waals surface area contributed by atoms with Gasteiger partial charge in [0.05, 0.1) is 30.6 Å². The van der Waals surface area contributed by atoms with Crippen LogP contribution in [0.15, 0.2) is 66.7 Å². The maximum absolute atomic E-state index is 12.3. The standard InChI is InChI=1S/C22H19ClN2O6/c1-28-14-6-10-16(11-7-14)30-21(26)24-19-5-3-4-18(23)20(19)25-22(27)31-17-12-8-15(29-2)9-13-17/h3-13H,1-2H3,(H,24,26)(H,25,27). The number of ether oxygens (including phenoxy) is 4. The van der Waals surface area contributed by atoms with E-state index in [2.05, 4.69) is 10.6 Å². The first-order chi connectivity index (χ1) is 15.0. The smallest absolute Gasteiger partial charge is 0.417 e. The van der Waals surface area contributed by atoms with Gasteiger partial charge in [-0.15, -0.1) is 0 Å². The second kappa shape index (κ2) is 10.2. The SMILES string of the molecule is COc1ccc(OC(=O)Nc2cccc(Cl)c2NC(=O)Oc2ccc(OC)cc2)cc1. The third-order valence-electron chi connectivity index (χ3n) is 4.02. The lowest BCUT2D eigenvalue weighted by Gasteiger charge is -2.14. The Morgan fingerprint density at radius 1 is 0.677 bits per heavy atom. The molecule has 2 amide bonds. The number of benzene rings is 3. The third kappa shape index (κ3) is 6.03. The van der Waals surface area contributed by atoms with Crippen LogP contribution < -0.4 is 29.6 Å². The molecule has 31 heavy (non-hydrogen) atoms. The third-order valence-corrected chi connectivity index (χ3v) is 4.33. The molecule has 0 spiro atoms. The average molecular weight is 443 g/mol. The Morgan fingerprint density at radius 3 is 1.61 bits per heavy atom. The van der Waals surface area contributed by atoms with Gasteiger partial charge in [0.25, 0.3) is 0 Å². The van der Waals surface area contributed by atoms with Gasteiger partial charge < -0.3 is 18.9 Å². The zero-order valence-electron chi connectivity index (χ0n) is 16.7. The van der Waals surface area contributed by atoms with Gasteiger partial charge in [-0.25, -0.2) is 9.59 Å². The predicted molar refractivity (Wildman–Crippen MR) is 117 cm³/mol. The van der Waals surface area contributed by atoms with E-state index in [9.17, 15) is 9.59 Å². The lowest BCUT2D eigenvalue weighted by atomic mass is 10.2. The summed E-state index contributed by atoms with van der Waals surface area (Å²) in [6.07, 6.45) is -1.55. The van der Waals surface area contributed by atoms with Crippen molar-refractivity contribution in [1.29, 1.82) is 0 Å². The number of para-hydroxylation sites is 1. The molecule has 0 unspecified atom stereocenters. The molecule has 3 rings (SSSR count). The Balaban J connectivity index is 1.67. The van der Waals surface area contributed by atoms with E-state index in [0.29, 0.717) is 23.0 Å². The van der Waals surface area contributed by atoms with Gasteiger partial charge in [-0.2, -0.15) is 0 Å². The van der Waals surface area contributed by atoms with Crippen molar-refractivity contribution < 1.29 is 28.5 Å². The first kappa shape index (κ1) is 21.8. The number of halogens is 1. The van der Waals surface area contributed by atoms with Gasteiger partial charge >= 0.3 is 12.2 Å². The van der Waals surface area contributed by atoms with E-state index < -0.39 is 12.2 Å². The molecule has 0 bridgehead atoms. The van der Waals surface area contributed by atoms with E-state index in [4.69, 9.17) is 30.5 Å². The largest absolute Gasteiger partial charge is 0.497 e. The molecular weight excluding hydrogens is 424 g/mol. The van der Waals surface area contributed by atoms with Crippen LogP contribution in [0, 0.1) is 0 Å². The van der Waals surface area contributed by atoms with Crippen LogP contribution in [0.1, 0.15) is 0 Å². The van der Waals surface area contributed by atoms with Crippen LogP contribution in [0.5, 0.6) is 23.0 Å². The quantitative estimate of drug-likeness (QED) is 0.517. The van der Waals surface area contributed by atoms with Crippen LogP contribution in [-0.4, -0.2) is 26.4 Å². The Hall–Kier alpha value is -3.91. The molecule has 0 atom stereocenters. The van der Waals surface area contributed by atoms with Crippen LogP contribution in [0.25, 0.3) is 0 Å². The number of rotatable bonds is 6. The molecule has 3 aromatic rings. The van der Waals surface area contributed by atoms with Crippen molar-refractivity contribution >= 4 is 35.2 Å². The van der Waals surface area contributed by atoms with E-state index in [-0.39, 0.29) is 16.4 Å². The molecule has 0 saturated heterocycles. The number of amides is 2. The fraction of sp³-hybridized carbons (Fsp3) is 0.0909. The van der Waals surface area contributed by atoms with E-state index in [1.165, 1.54) is 14.2 Å². The summed E-state index contributed by atoms with van der Waals surface area (Å²) >= 11 is 6.20. The molecule has 0 aliphatic rings. The molecule has 0 heterocycles. The molecule has 0 aliphatic heterocycles. The second-order valence-electron chi connectivity index (χ2n) is 6.04.